The van der Waals surface area contributed by atoms with Crippen molar-refractivity contribution in [3.63, 3.8) is 0 Å². The second-order valence-electron chi connectivity index (χ2n) is 4.78. The van der Waals surface area contributed by atoms with Crippen LogP contribution in [-0.4, -0.2) is 10.9 Å². The van der Waals surface area contributed by atoms with E-state index in [-0.39, 0.29) is 12.3 Å². The van der Waals surface area contributed by atoms with Gasteiger partial charge in [0.25, 0.3) is 5.69 Å². The highest BCUT2D eigenvalue weighted by atomic mass is 16.6. The quantitative estimate of drug-likeness (QED) is 0.365. The van der Waals surface area contributed by atoms with Crippen LogP contribution >= 0.6 is 0 Å². The molecule has 0 saturated carbocycles. The van der Waals surface area contributed by atoms with Gasteiger partial charge >= 0.3 is 5.97 Å². The molecule has 112 valence electrons. The fourth-order valence-corrected chi connectivity index (χ4v) is 1.91. The third-order valence-corrected chi connectivity index (χ3v) is 2.96. The molecular formula is C17H15NO4. The van der Waals surface area contributed by atoms with Crippen LogP contribution in [-0.2, 0) is 16.1 Å². The topological polar surface area (TPSA) is 69.4 Å². The van der Waals surface area contributed by atoms with Gasteiger partial charge in [-0.25, -0.2) is 4.79 Å². The molecule has 5 nitrogen and oxygen atoms in total. The lowest BCUT2D eigenvalue weighted by Gasteiger charge is -2.03. The summed E-state index contributed by atoms with van der Waals surface area (Å²) in [6.07, 6.45) is 2.75. The summed E-state index contributed by atoms with van der Waals surface area (Å²) < 4.78 is 5.12. The second-order valence-corrected chi connectivity index (χ2v) is 4.78. The van der Waals surface area contributed by atoms with Gasteiger partial charge in [0.15, 0.2) is 0 Å². The number of rotatable bonds is 5. The van der Waals surface area contributed by atoms with Crippen LogP contribution in [0.1, 0.15) is 16.7 Å². The molecule has 0 saturated heterocycles. The van der Waals surface area contributed by atoms with E-state index in [9.17, 15) is 14.9 Å². The number of hydrogen-bond donors (Lipinski definition) is 0. The summed E-state index contributed by atoms with van der Waals surface area (Å²) in [6.45, 7) is 2.16. The molecule has 0 aliphatic heterocycles. The van der Waals surface area contributed by atoms with Crippen LogP contribution in [0.25, 0.3) is 6.08 Å². The lowest BCUT2D eigenvalue weighted by atomic mass is 10.1. The molecule has 5 heteroatoms. The highest BCUT2D eigenvalue weighted by Crippen LogP contribution is 2.14. The molecule has 0 aromatic heterocycles. The molecule has 0 heterocycles. The Labute approximate surface area is 128 Å². The van der Waals surface area contributed by atoms with Crippen molar-refractivity contribution in [1.29, 1.82) is 0 Å². The minimum absolute atomic E-state index is 0.0183. The van der Waals surface area contributed by atoms with E-state index in [0.29, 0.717) is 5.56 Å². The first-order valence-electron chi connectivity index (χ1n) is 6.69. The van der Waals surface area contributed by atoms with Gasteiger partial charge in [-0.2, -0.15) is 0 Å². The first kappa shape index (κ1) is 15.4. The van der Waals surface area contributed by atoms with E-state index < -0.39 is 10.9 Å². The number of benzene rings is 2. The van der Waals surface area contributed by atoms with Crippen LogP contribution in [0.4, 0.5) is 5.69 Å². The molecule has 0 radical (unpaired) electrons. The Morgan fingerprint density at radius 3 is 2.73 bits per heavy atom. The van der Waals surface area contributed by atoms with Crippen molar-refractivity contribution < 1.29 is 14.5 Å². The van der Waals surface area contributed by atoms with Gasteiger partial charge in [-0.15, -0.1) is 0 Å². The third kappa shape index (κ3) is 4.56. The number of nitro benzene ring substituents is 1. The summed E-state index contributed by atoms with van der Waals surface area (Å²) in [5.74, 6) is -0.493. The SMILES string of the molecule is Cc1cccc(COC(=O)/C=C/c2cccc([N+](=O)[O-])c2)c1. The predicted octanol–water partition coefficient (Wildman–Crippen LogP) is 3.66. The maximum absolute atomic E-state index is 11.7. The van der Waals surface area contributed by atoms with Gasteiger partial charge < -0.3 is 4.74 Å². The monoisotopic (exact) mass is 297 g/mol. The van der Waals surface area contributed by atoms with Crippen LogP contribution < -0.4 is 0 Å². The van der Waals surface area contributed by atoms with Crippen LogP contribution in [0.3, 0.4) is 0 Å². The van der Waals surface area contributed by atoms with Crippen LogP contribution in [0.15, 0.2) is 54.6 Å². The molecule has 2 aromatic carbocycles. The number of hydrogen-bond acceptors (Lipinski definition) is 4. The van der Waals surface area contributed by atoms with E-state index in [0.717, 1.165) is 11.1 Å². The fraction of sp³-hybridized carbons (Fsp3) is 0.118. The van der Waals surface area contributed by atoms with Crippen molar-refractivity contribution in [1.82, 2.24) is 0 Å². The van der Waals surface area contributed by atoms with Gasteiger partial charge in [-0.1, -0.05) is 42.0 Å². The van der Waals surface area contributed by atoms with Crippen molar-refractivity contribution >= 4 is 17.7 Å². The van der Waals surface area contributed by atoms with Gasteiger partial charge in [-0.3, -0.25) is 10.1 Å². The first-order valence-corrected chi connectivity index (χ1v) is 6.69. The minimum Gasteiger partial charge on any atom is -0.458 e. The number of non-ortho nitro benzene ring substituents is 1. The van der Waals surface area contributed by atoms with Gasteiger partial charge in [0.2, 0.25) is 0 Å². The first-order chi connectivity index (χ1) is 10.5. The maximum atomic E-state index is 11.7. The van der Waals surface area contributed by atoms with Crippen molar-refractivity contribution in [3.8, 4) is 0 Å². The standard InChI is InChI=1S/C17H15NO4/c1-13-4-2-6-15(10-13)12-22-17(19)9-8-14-5-3-7-16(11-14)18(20)21/h2-11H,12H2,1H3/b9-8+. The Balaban J connectivity index is 1.94. The number of esters is 1. The summed E-state index contributed by atoms with van der Waals surface area (Å²) in [5, 5.41) is 10.7. The van der Waals surface area contributed by atoms with Gasteiger partial charge in [0.1, 0.15) is 6.61 Å². The molecule has 0 spiro atoms. The Morgan fingerprint density at radius 2 is 2.00 bits per heavy atom. The van der Waals surface area contributed by atoms with Crippen LogP contribution in [0.2, 0.25) is 0 Å². The average molecular weight is 297 g/mol. The van der Waals surface area contributed by atoms with Crippen molar-refractivity contribution in [2.45, 2.75) is 13.5 Å². The number of nitro groups is 1. The highest BCUT2D eigenvalue weighted by molar-refractivity contribution is 5.87. The average Bonchev–Trinajstić information content (AvgIpc) is 2.51. The molecule has 22 heavy (non-hydrogen) atoms. The Morgan fingerprint density at radius 1 is 1.23 bits per heavy atom. The van der Waals surface area contributed by atoms with Crippen LogP contribution in [0.5, 0.6) is 0 Å². The summed E-state index contributed by atoms with van der Waals surface area (Å²) >= 11 is 0. The van der Waals surface area contributed by atoms with E-state index >= 15 is 0 Å². The molecule has 0 bridgehead atoms. The molecule has 0 atom stereocenters. The molecule has 0 fully saturated rings. The second kappa shape index (κ2) is 7.17. The highest BCUT2D eigenvalue weighted by Gasteiger charge is 2.04. The van der Waals surface area contributed by atoms with E-state index in [2.05, 4.69) is 0 Å². The predicted molar refractivity (Wildman–Crippen MR) is 83.1 cm³/mol. The number of ether oxygens (including phenoxy) is 1. The van der Waals surface area contributed by atoms with Crippen LogP contribution in [0, 0.1) is 17.0 Å². The molecule has 2 aromatic rings. The van der Waals surface area contributed by atoms with Gasteiger partial charge in [0.05, 0.1) is 4.92 Å². The Kier molecular flexibility index (Phi) is 5.03. The van der Waals surface area contributed by atoms with Crippen molar-refractivity contribution in [2.75, 3.05) is 0 Å². The van der Waals surface area contributed by atoms with Crippen molar-refractivity contribution in [2.24, 2.45) is 0 Å². The van der Waals surface area contributed by atoms with Crippen molar-refractivity contribution in [3.05, 3.63) is 81.4 Å². The molecule has 0 unspecified atom stereocenters. The largest absolute Gasteiger partial charge is 0.458 e. The molecule has 0 aliphatic rings. The zero-order valence-corrected chi connectivity index (χ0v) is 12.1. The number of carbonyl (C=O) groups is 1. The normalized spacial score (nSPS) is 10.6. The minimum atomic E-state index is -0.493. The van der Waals surface area contributed by atoms with E-state index in [1.165, 1.54) is 24.3 Å². The third-order valence-electron chi connectivity index (χ3n) is 2.96. The summed E-state index contributed by atoms with van der Waals surface area (Å²) in [6, 6.07) is 13.7. The zero-order chi connectivity index (χ0) is 15.9. The Hall–Kier alpha value is -2.95. The zero-order valence-electron chi connectivity index (χ0n) is 12.1. The molecular weight excluding hydrogens is 282 g/mol. The number of aryl methyl sites for hydroxylation is 1. The van der Waals surface area contributed by atoms with E-state index in [1.54, 1.807) is 12.1 Å². The number of carbonyl (C=O) groups excluding carboxylic acids is 1. The number of nitrogens with zero attached hydrogens (tertiary/aromatic N) is 1. The summed E-state index contributed by atoms with van der Waals surface area (Å²) in [5.41, 5.74) is 2.56. The van der Waals surface area contributed by atoms with Gasteiger partial charge in [-0.05, 0) is 24.1 Å². The molecule has 0 N–H and O–H groups in total. The summed E-state index contributed by atoms with van der Waals surface area (Å²) in [4.78, 5) is 21.8. The maximum Gasteiger partial charge on any atom is 0.331 e. The van der Waals surface area contributed by atoms with E-state index in [4.69, 9.17) is 4.74 Å². The van der Waals surface area contributed by atoms with Gasteiger partial charge in [0, 0.05) is 18.2 Å². The lowest BCUT2D eigenvalue weighted by molar-refractivity contribution is -0.384. The fourth-order valence-electron chi connectivity index (χ4n) is 1.91. The smallest absolute Gasteiger partial charge is 0.331 e. The Bertz CT molecular complexity index is 722. The molecule has 0 amide bonds. The summed E-state index contributed by atoms with van der Waals surface area (Å²) in [7, 11) is 0. The molecule has 2 rings (SSSR count). The van der Waals surface area contributed by atoms with E-state index in [1.807, 2.05) is 31.2 Å². The molecule has 0 aliphatic carbocycles. The lowest BCUT2D eigenvalue weighted by Crippen LogP contribution is -2.00.